The topological polar surface area (TPSA) is 29.3 Å². The van der Waals surface area contributed by atoms with Crippen molar-refractivity contribution in [2.24, 2.45) is 11.7 Å². The van der Waals surface area contributed by atoms with Crippen LogP contribution < -0.4 is 5.73 Å². The second-order valence-corrected chi connectivity index (χ2v) is 6.18. The summed E-state index contributed by atoms with van der Waals surface area (Å²) >= 11 is 0. The number of nitrogens with two attached hydrogens (primary N) is 1. The summed E-state index contributed by atoms with van der Waals surface area (Å²) in [6.45, 7) is 7.32. The van der Waals surface area contributed by atoms with Crippen molar-refractivity contribution in [1.82, 2.24) is 4.90 Å². The Hall–Kier alpha value is -0.930. The van der Waals surface area contributed by atoms with Crippen LogP contribution in [0.2, 0.25) is 0 Å². The van der Waals surface area contributed by atoms with Gasteiger partial charge in [-0.05, 0) is 62.9 Å². The number of rotatable bonds is 4. The smallest absolute Gasteiger partial charge is 0.123 e. The number of likely N-dealkylation sites (tertiary alicyclic amines) is 1. The van der Waals surface area contributed by atoms with Crippen LogP contribution in [-0.4, -0.2) is 30.1 Å². The first-order valence-corrected chi connectivity index (χ1v) is 7.23. The van der Waals surface area contributed by atoms with Gasteiger partial charge in [-0.15, -0.1) is 0 Å². The van der Waals surface area contributed by atoms with E-state index in [1.807, 2.05) is 6.07 Å². The summed E-state index contributed by atoms with van der Waals surface area (Å²) < 4.78 is 13.3. The van der Waals surface area contributed by atoms with Crippen LogP contribution in [0, 0.1) is 11.7 Å². The third kappa shape index (κ3) is 3.54. The highest BCUT2D eigenvalue weighted by Crippen LogP contribution is 2.26. The van der Waals surface area contributed by atoms with E-state index in [-0.39, 0.29) is 11.4 Å². The molecule has 0 spiro atoms. The first kappa shape index (κ1) is 14.5. The van der Waals surface area contributed by atoms with E-state index in [1.54, 1.807) is 12.1 Å². The van der Waals surface area contributed by atoms with Crippen molar-refractivity contribution in [3.05, 3.63) is 35.6 Å². The van der Waals surface area contributed by atoms with Gasteiger partial charge in [0.2, 0.25) is 0 Å². The predicted molar refractivity (Wildman–Crippen MR) is 77.5 cm³/mol. The zero-order chi connectivity index (χ0) is 13.9. The summed E-state index contributed by atoms with van der Waals surface area (Å²) in [5.41, 5.74) is 7.00. The van der Waals surface area contributed by atoms with E-state index in [1.165, 1.54) is 18.9 Å². The monoisotopic (exact) mass is 264 g/mol. The van der Waals surface area contributed by atoms with E-state index < -0.39 is 0 Å². The molecule has 0 saturated carbocycles. The molecule has 0 amide bonds. The van der Waals surface area contributed by atoms with Crippen molar-refractivity contribution in [3.8, 4) is 0 Å². The van der Waals surface area contributed by atoms with Crippen LogP contribution in [0.15, 0.2) is 24.3 Å². The fourth-order valence-corrected chi connectivity index (χ4v) is 2.95. The Morgan fingerprint density at radius 2 is 2.05 bits per heavy atom. The Bertz CT molecular complexity index is 413. The average molecular weight is 264 g/mol. The molecule has 1 unspecified atom stereocenters. The third-order valence-corrected chi connectivity index (χ3v) is 4.46. The van der Waals surface area contributed by atoms with Gasteiger partial charge >= 0.3 is 0 Å². The average Bonchev–Trinajstić information content (AvgIpc) is 2.39. The molecule has 1 aromatic carbocycles. The molecular formula is C16H25FN2. The van der Waals surface area contributed by atoms with E-state index in [0.29, 0.717) is 6.54 Å². The van der Waals surface area contributed by atoms with Crippen LogP contribution in [0.1, 0.15) is 32.3 Å². The maximum atomic E-state index is 13.3. The van der Waals surface area contributed by atoms with E-state index >= 15 is 0 Å². The van der Waals surface area contributed by atoms with E-state index in [4.69, 9.17) is 5.73 Å². The lowest BCUT2D eigenvalue weighted by molar-refractivity contribution is 0.0708. The highest BCUT2D eigenvalue weighted by Gasteiger charge is 2.32. The molecule has 1 atom stereocenters. The van der Waals surface area contributed by atoms with E-state index in [9.17, 15) is 4.39 Å². The summed E-state index contributed by atoms with van der Waals surface area (Å²) in [6, 6.07) is 6.88. The molecule has 2 N–H and O–H groups in total. The zero-order valence-electron chi connectivity index (χ0n) is 12.0. The van der Waals surface area contributed by atoms with Gasteiger partial charge in [-0.1, -0.05) is 19.1 Å². The second kappa shape index (κ2) is 6.02. The van der Waals surface area contributed by atoms with Crippen molar-refractivity contribution in [1.29, 1.82) is 0 Å². The number of halogens is 1. The van der Waals surface area contributed by atoms with Crippen LogP contribution in [0.5, 0.6) is 0 Å². The summed E-state index contributed by atoms with van der Waals surface area (Å²) in [5.74, 6) is 0.650. The summed E-state index contributed by atoms with van der Waals surface area (Å²) in [4.78, 5) is 2.48. The predicted octanol–water partition coefficient (Wildman–Crippen LogP) is 2.82. The van der Waals surface area contributed by atoms with Crippen molar-refractivity contribution in [2.75, 3.05) is 19.6 Å². The Morgan fingerprint density at radius 3 is 2.63 bits per heavy atom. The minimum atomic E-state index is -0.163. The normalized spacial score (nSPS) is 21.3. The largest absolute Gasteiger partial charge is 0.329 e. The Balaban J connectivity index is 2.09. The third-order valence-electron chi connectivity index (χ3n) is 4.46. The van der Waals surface area contributed by atoms with Gasteiger partial charge in [-0.3, -0.25) is 4.90 Å². The number of nitrogens with zero attached hydrogens (tertiary/aromatic N) is 1. The number of hydrogen-bond acceptors (Lipinski definition) is 2. The van der Waals surface area contributed by atoms with Crippen molar-refractivity contribution in [3.63, 3.8) is 0 Å². The molecule has 3 heteroatoms. The van der Waals surface area contributed by atoms with Crippen LogP contribution in [0.3, 0.4) is 0 Å². The molecule has 0 bridgehead atoms. The van der Waals surface area contributed by atoms with Gasteiger partial charge in [0.05, 0.1) is 0 Å². The van der Waals surface area contributed by atoms with Crippen molar-refractivity contribution < 1.29 is 4.39 Å². The van der Waals surface area contributed by atoms with Gasteiger partial charge in [0, 0.05) is 12.1 Å². The standard InChI is InChI=1S/C16H25FN2/c1-13-6-8-19(9-7-13)16(2,12-18)11-14-4-3-5-15(17)10-14/h3-5,10,13H,6-9,11-12,18H2,1-2H3. The summed E-state index contributed by atoms with van der Waals surface area (Å²) in [6.07, 6.45) is 3.28. The lowest BCUT2D eigenvalue weighted by Crippen LogP contribution is -2.55. The van der Waals surface area contributed by atoms with Crippen molar-refractivity contribution >= 4 is 0 Å². The molecule has 1 saturated heterocycles. The molecule has 2 rings (SSSR count). The fourth-order valence-electron chi connectivity index (χ4n) is 2.95. The van der Waals surface area contributed by atoms with Gasteiger partial charge in [0.25, 0.3) is 0 Å². The molecule has 1 aliphatic heterocycles. The first-order valence-electron chi connectivity index (χ1n) is 7.23. The quantitative estimate of drug-likeness (QED) is 0.906. The minimum absolute atomic E-state index is 0.0616. The second-order valence-electron chi connectivity index (χ2n) is 6.18. The Kier molecular flexibility index (Phi) is 4.58. The van der Waals surface area contributed by atoms with Crippen LogP contribution in [-0.2, 0) is 6.42 Å². The van der Waals surface area contributed by atoms with Gasteiger partial charge in [-0.25, -0.2) is 4.39 Å². The maximum Gasteiger partial charge on any atom is 0.123 e. The highest BCUT2D eigenvalue weighted by molar-refractivity contribution is 5.19. The fraction of sp³-hybridized carbons (Fsp3) is 0.625. The molecule has 1 fully saturated rings. The van der Waals surface area contributed by atoms with Gasteiger partial charge < -0.3 is 5.73 Å². The molecule has 0 aliphatic carbocycles. The lowest BCUT2D eigenvalue weighted by atomic mass is 9.87. The molecule has 1 aliphatic rings. The summed E-state index contributed by atoms with van der Waals surface area (Å²) in [7, 11) is 0. The molecule has 1 heterocycles. The maximum absolute atomic E-state index is 13.3. The van der Waals surface area contributed by atoms with E-state index in [0.717, 1.165) is 31.0 Å². The van der Waals surface area contributed by atoms with Crippen LogP contribution in [0.25, 0.3) is 0 Å². The lowest BCUT2D eigenvalue weighted by Gasteiger charge is -2.44. The highest BCUT2D eigenvalue weighted by atomic mass is 19.1. The van der Waals surface area contributed by atoms with Crippen LogP contribution in [0.4, 0.5) is 4.39 Å². The molecule has 19 heavy (non-hydrogen) atoms. The Labute approximate surface area is 115 Å². The molecule has 0 aromatic heterocycles. The molecular weight excluding hydrogens is 239 g/mol. The summed E-state index contributed by atoms with van der Waals surface area (Å²) in [5, 5.41) is 0. The van der Waals surface area contributed by atoms with Gasteiger partial charge in [-0.2, -0.15) is 0 Å². The first-order chi connectivity index (χ1) is 9.03. The number of hydrogen-bond donors (Lipinski definition) is 1. The molecule has 0 radical (unpaired) electrons. The van der Waals surface area contributed by atoms with Crippen LogP contribution >= 0.6 is 0 Å². The van der Waals surface area contributed by atoms with Gasteiger partial charge in [0.15, 0.2) is 0 Å². The van der Waals surface area contributed by atoms with Gasteiger partial charge in [0.1, 0.15) is 5.82 Å². The van der Waals surface area contributed by atoms with Crippen molar-refractivity contribution in [2.45, 2.75) is 38.6 Å². The zero-order valence-corrected chi connectivity index (χ0v) is 12.0. The molecule has 1 aromatic rings. The molecule has 2 nitrogen and oxygen atoms in total. The number of piperidine rings is 1. The van der Waals surface area contributed by atoms with E-state index in [2.05, 4.69) is 18.7 Å². The number of benzene rings is 1. The molecule has 106 valence electrons. The Morgan fingerprint density at radius 1 is 1.37 bits per heavy atom. The minimum Gasteiger partial charge on any atom is -0.329 e. The SMILES string of the molecule is CC1CCN(C(C)(CN)Cc2cccc(F)c2)CC1.